The molecule has 0 saturated carbocycles. The lowest BCUT2D eigenvalue weighted by Crippen LogP contribution is -2.12. The molecule has 0 aliphatic rings. The van der Waals surface area contributed by atoms with Crippen molar-refractivity contribution < 1.29 is 4.42 Å². The molecule has 6 rings (SSSR count). The average molecular weight is 435 g/mol. The lowest BCUT2D eigenvalue weighted by atomic mass is 9.82. The first-order valence-corrected chi connectivity index (χ1v) is 11.6. The van der Waals surface area contributed by atoms with E-state index in [1.165, 1.54) is 16.3 Å². The van der Waals surface area contributed by atoms with Crippen molar-refractivity contribution in [2.24, 2.45) is 0 Å². The molecule has 0 aliphatic heterocycles. The Kier molecular flexibility index (Phi) is 4.21. The molecule has 0 radical (unpaired) electrons. The molecule has 0 bridgehead atoms. The van der Waals surface area contributed by atoms with Gasteiger partial charge in [-0.3, -0.25) is 9.97 Å². The molecule has 4 heterocycles. The number of furan rings is 1. The molecule has 2 aromatic carbocycles. The highest BCUT2D eigenvalue weighted by Gasteiger charge is 2.20. The lowest BCUT2D eigenvalue weighted by Gasteiger charge is -2.22. The number of rotatable bonds is 2. The fourth-order valence-corrected chi connectivity index (χ4v) is 5.14. The summed E-state index contributed by atoms with van der Waals surface area (Å²) in [5, 5.41) is 5.61. The Morgan fingerprint density at radius 1 is 0.844 bits per heavy atom. The van der Waals surface area contributed by atoms with E-state index in [1.54, 1.807) is 11.3 Å². The third kappa shape index (κ3) is 3.10. The van der Waals surface area contributed by atoms with Gasteiger partial charge in [0.1, 0.15) is 11.5 Å². The maximum absolute atomic E-state index is 6.40. The molecule has 3 nitrogen and oxygen atoms in total. The van der Waals surface area contributed by atoms with Gasteiger partial charge in [0.05, 0.1) is 10.2 Å². The minimum absolute atomic E-state index is 0.0135. The normalized spacial score (nSPS) is 12.2. The number of fused-ring (bicyclic) bond motifs is 3. The average Bonchev–Trinajstić information content (AvgIpc) is 3.43. The maximum Gasteiger partial charge on any atom is 0.161 e. The Bertz CT molecular complexity index is 1620. The quantitative estimate of drug-likeness (QED) is 0.275. The minimum atomic E-state index is 0.0135. The van der Waals surface area contributed by atoms with Crippen molar-refractivity contribution in [3.8, 4) is 22.6 Å². The van der Waals surface area contributed by atoms with E-state index in [0.29, 0.717) is 0 Å². The standard InChI is InChI=1S/C28H22N2OS/c1-28(2,3)22-13-19(12-17-6-4-5-7-21(17)22)26-27-18(8-10-29-26)14-24(31-27)20-15-25-23(30-16-20)9-11-32-25/h4-16H,1-3H3. The van der Waals surface area contributed by atoms with Crippen LogP contribution in [0.5, 0.6) is 0 Å². The Morgan fingerprint density at radius 2 is 1.72 bits per heavy atom. The topological polar surface area (TPSA) is 38.9 Å². The molecular formula is C28H22N2OS. The van der Waals surface area contributed by atoms with Crippen LogP contribution in [0.2, 0.25) is 0 Å². The molecule has 0 fully saturated rings. The first kappa shape index (κ1) is 19.2. The van der Waals surface area contributed by atoms with E-state index in [-0.39, 0.29) is 5.41 Å². The Balaban J connectivity index is 1.56. The second-order valence-electron chi connectivity index (χ2n) is 9.21. The summed E-state index contributed by atoms with van der Waals surface area (Å²) in [5.74, 6) is 0.814. The van der Waals surface area contributed by atoms with Crippen LogP contribution in [0.25, 0.3) is 54.5 Å². The first-order chi connectivity index (χ1) is 15.5. The predicted molar refractivity (Wildman–Crippen MR) is 134 cm³/mol. The number of hydrogen-bond donors (Lipinski definition) is 0. The van der Waals surface area contributed by atoms with Crippen LogP contribution in [-0.2, 0) is 5.41 Å². The van der Waals surface area contributed by atoms with E-state index in [1.807, 2.05) is 24.5 Å². The molecule has 0 aliphatic carbocycles. The third-order valence-corrected chi connectivity index (χ3v) is 6.82. The maximum atomic E-state index is 6.40. The summed E-state index contributed by atoms with van der Waals surface area (Å²) < 4.78 is 7.56. The molecule has 4 heteroatoms. The second kappa shape index (κ2) is 7.01. The molecule has 156 valence electrons. The van der Waals surface area contributed by atoms with Crippen molar-refractivity contribution in [1.82, 2.24) is 9.97 Å². The largest absolute Gasteiger partial charge is 0.454 e. The lowest BCUT2D eigenvalue weighted by molar-refractivity contribution is 0.596. The van der Waals surface area contributed by atoms with Crippen molar-refractivity contribution in [2.75, 3.05) is 0 Å². The highest BCUT2D eigenvalue weighted by molar-refractivity contribution is 7.17. The van der Waals surface area contributed by atoms with Gasteiger partial charge in [-0.2, -0.15) is 0 Å². The molecule has 0 amide bonds. The number of aromatic nitrogens is 2. The van der Waals surface area contributed by atoms with E-state index in [0.717, 1.165) is 43.8 Å². The van der Waals surface area contributed by atoms with Gasteiger partial charge in [-0.25, -0.2) is 0 Å². The molecule has 0 saturated heterocycles. The Labute approximate surface area is 190 Å². The molecule has 0 spiro atoms. The highest BCUT2D eigenvalue weighted by atomic mass is 32.1. The third-order valence-electron chi connectivity index (χ3n) is 5.96. The number of nitrogens with zero attached hydrogens (tertiary/aromatic N) is 2. The number of hydrogen-bond acceptors (Lipinski definition) is 4. The van der Waals surface area contributed by atoms with E-state index < -0.39 is 0 Å². The van der Waals surface area contributed by atoms with Crippen molar-refractivity contribution >= 4 is 43.3 Å². The fraction of sp³-hybridized carbons (Fsp3) is 0.143. The van der Waals surface area contributed by atoms with Gasteiger partial charge in [0.15, 0.2) is 5.58 Å². The second-order valence-corrected chi connectivity index (χ2v) is 10.2. The van der Waals surface area contributed by atoms with Crippen LogP contribution >= 0.6 is 11.3 Å². The zero-order valence-corrected chi connectivity index (χ0v) is 19.0. The van der Waals surface area contributed by atoms with Crippen molar-refractivity contribution in [3.63, 3.8) is 0 Å². The monoisotopic (exact) mass is 434 g/mol. The van der Waals surface area contributed by atoms with Gasteiger partial charge < -0.3 is 4.42 Å². The Hall–Kier alpha value is -3.50. The zero-order chi connectivity index (χ0) is 21.9. The minimum Gasteiger partial charge on any atom is -0.454 e. The predicted octanol–water partition coefficient (Wildman–Crippen LogP) is 8.22. The fourth-order valence-electron chi connectivity index (χ4n) is 4.36. The van der Waals surface area contributed by atoms with Gasteiger partial charge in [0.25, 0.3) is 0 Å². The SMILES string of the molecule is CC(C)(C)c1cc(-c2nccc3cc(-c4cnc5ccsc5c4)oc23)cc2ccccc12. The van der Waals surface area contributed by atoms with Crippen molar-refractivity contribution in [1.29, 1.82) is 0 Å². The van der Waals surface area contributed by atoms with Crippen LogP contribution in [0.15, 0.2) is 82.9 Å². The number of thiophene rings is 1. The van der Waals surface area contributed by atoms with Crippen molar-refractivity contribution in [3.05, 3.63) is 84.0 Å². The van der Waals surface area contributed by atoms with Crippen LogP contribution in [0, 0.1) is 0 Å². The Morgan fingerprint density at radius 3 is 2.59 bits per heavy atom. The highest BCUT2D eigenvalue weighted by Crippen LogP contribution is 2.38. The molecule has 6 aromatic rings. The summed E-state index contributed by atoms with van der Waals surface area (Å²) in [5.41, 5.74) is 6.08. The van der Waals surface area contributed by atoms with E-state index in [4.69, 9.17) is 9.40 Å². The molecule has 32 heavy (non-hydrogen) atoms. The van der Waals surface area contributed by atoms with E-state index >= 15 is 0 Å². The van der Waals surface area contributed by atoms with Gasteiger partial charge in [0.2, 0.25) is 0 Å². The molecule has 0 atom stereocenters. The van der Waals surface area contributed by atoms with Crippen LogP contribution in [0.1, 0.15) is 26.3 Å². The molecule has 4 aromatic heterocycles. The van der Waals surface area contributed by atoms with Crippen molar-refractivity contribution in [2.45, 2.75) is 26.2 Å². The molecule has 0 unspecified atom stereocenters. The van der Waals surface area contributed by atoms with Gasteiger partial charge in [-0.15, -0.1) is 11.3 Å². The molecule has 0 N–H and O–H groups in total. The number of pyridine rings is 2. The zero-order valence-electron chi connectivity index (χ0n) is 18.2. The van der Waals surface area contributed by atoms with Gasteiger partial charge in [-0.05, 0) is 63.5 Å². The summed E-state index contributed by atoms with van der Waals surface area (Å²) >= 11 is 1.69. The van der Waals surface area contributed by atoms with Crippen LogP contribution in [0.4, 0.5) is 0 Å². The smallest absolute Gasteiger partial charge is 0.161 e. The van der Waals surface area contributed by atoms with Gasteiger partial charge in [0, 0.05) is 28.9 Å². The van der Waals surface area contributed by atoms with Crippen LogP contribution < -0.4 is 0 Å². The molecular weight excluding hydrogens is 412 g/mol. The number of benzene rings is 2. The van der Waals surface area contributed by atoms with E-state index in [9.17, 15) is 0 Å². The summed E-state index contributed by atoms with van der Waals surface area (Å²) in [6, 6.07) is 21.3. The summed E-state index contributed by atoms with van der Waals surface area (Å²) in [6.45, 7) is 6.77. The summed E-state index contributed by atoms with van der Waals surface area (Å²) in [6.07, 6.45) is 3.75. The summed E-state index contributed by atoms with van der Waals surface area (Å²) in [4.78, 5) is 9.32. The van der Waals surface area contributed by atoms with Crippen LogP contribution in [0.3, 0.4) is 0 Å². The van der Waals surface area contributed by atoms with Crippen LogP contribution in [-0.4, -0.2) is 9.97 Å². The van der Waals surface area contributed by atoms with Gasteiger partial charge in [-0.1, -0.05) is 45.0 Å². The first-order valence-electron chi connectivity index (χ1n) is 10.7. The van der Waals surface area contributed by atoms with E-state index in [2.05, 4.69) is 79.7 Å². The van der Waals surface area contributed by atoms with Gasteiger partial charge >= 0.3 is 0 Å². The summed E-state index contributed by atoms with van der Waals surface area (Å²) in [7, 11) is 0.